The summed E-state index contributed by atoms with van der Waals surface area (Å²) in [7, 11) is 0. The lowest BCUT2D eigenvalue weighted by Gasteiger charge is -2.29. The molecule has 0 bridgehead atoms. The molecule has 258 valence electrons. The number of oxime groups is 3. The standard InChI is InChI=1S/C17H25N3O3.C9H9N3O.C8H8N4O/c1-17(2,3)23-15(21)7-9-20-8-6-12-4-5-13(16(18)19-22)10-14(12)11-20;10-9(12-13)7-1-2-8-6(5-7)3-4-11-8;9-8(12-13)5-1-2-7-6(3-5)4-10-11-7/h4-5,10,22H,6-9,11H2,1-3H3,(H2,18,19);1-5,11,13H,(H2,10,12);1-4,13H,(H2,9,12)(H,10,11). The molecule has 0 saturated carbocycles. The monoisotopic (exact) mass is 670 g/mol. The van der Waals surface area contributed by atoms with Gasteiger partial charge in [0.1, 0.15) is 5.60 Å². The zero-order valence-corrected chi connectivity index (χ0v) is 27.6. The van der Waals surface area contributed by atoms with Gasteiger partial charge in [0.25, 0.3) is 0 Å². The third kappa shape index (κ3) is 9.95. The van der Waals surface area contributed by atoms with E-state index in [1.807, 2.05) is 69.4 Å². The molecule has 5 aromatic rings. The highest BCUT2D eigenvalue weighted by atomic mass is 16.6. The zero-order chi connectivity index (χ0) is 35.6. The number of H-pyrrole nitrogens is 2. The number of nitrogens with two attached hydrogens (primary N) is 3. The van der Waals surface area contributed by atoms with Gasteiger partial charge in [0.2, 0.25) is 0 Å². The molecule has 0 unspecified atom stereocenters. The van der Waals surface area contributed by atoms with E-state index in [1.165, 1.54) is 5.56 Å². The summed E-state index contributed by atoms with van der Waals surface area (Å²) in [6.45, 7) is 7.95. The van der Waals surface area contributed by atoms with Crippen molar-refractivity contribution in [3.63, 3.8) is 0 Å². The average molecular weight is 671 g/mol. The summed E-state index contributed by atoms with van der Waals surface area (Å²) >= 11 is 0. The van der Waals surface area contributed by atoms with Crippen molar-refractivity contribution in [1.29, 1.82) is 0 Å². The van der Waals surface area contributed by atoms with Crippen LogP contribution in [0.15, 0.2) is 88.5 Å². The predicted octanol–water partition coefficient (Wildman–Crippen LogP) is 3.79. The van der Waals surface area contributed by atoms with E-state index in [1.54, 1.807) is 24.4 Å². The SMILES string of the molecule is CC(C)(C)OC(=O)CCN1CCc2ccc(C(N)=NO)cc2C1.NC(=NO)c1ccc2[nH]ccc2c1.NC(=NO)c1ccc2[nH]ncc2c1. The number of carbonyl (C=O) groups is 1. The van der Waals surface area contributed by atoms with Crippen molar-refractivity contribution in [2.45, 2.75) is 45.8 Å². The van der Waals surface area contributed by atoms with Crippen LogP contribution >= 0.6 is 0 Å². The van der Waals surface area contributed by atoms with Crippen LogP contribution in [-0.4, -0.2) is 77.9 Å². The molecule has 3 heterocycles. The van der Waals surface area contributed by atoms with Crippen LogP contribution in [0.25, 0.3) is 21.8 Å². The second-order valence-electron chi connectivity index (χ2n) is 12.3. The summed E-state index contributed by atoms with van der Waals surface area (Å²) in [5.41, 5.74) is 22.6. The van der Waals surface area contributed by atoms with Gasteiger partial charge in [-0.3, -0.25) is 14.8 Å². The van der Waals surface area contributed by atoms with Crippen LogP contribution in [0.4, 0.5) is 0 Å². The molecule has 0 amide bonds. The summed E-state index contributed by atoms with van der Waals surface area (Å²) in [6, 6.07) is 18.7. The number of hydrogen-bond acceptors (Lipinski definition) is 10. The van der Waals surface area contributed by atoms with Crippen LogP contribution < -0.4 is 17.2 Å². The smallest absolute Gasteiger partial charge is 0.307 e. The minimum atomic E-state index is -0.443. The summed E-state index contributed by atoms with van der Waals surface area (Å²) in [5, 5.41) is 43.2. The average Bonchev–Trinajstić information content (AvgIpc) is 3.78. The number of carbonyl (C=O) groups excluding carboxylic acids is 1. The van der Waals surface area contributed by atoms with Crippen LogP contribution in [0.1, 0.15) is 55.0 Å². The maximum absolute atomic E-state index is 11.8. The number of nitrogens with zero attached hydrogens (tertiary/aromatic N) is 5. The van der Waals surface area contributed by atoms with E-state index in [2.05, 4.69) is 35.5 Å². The maximum atomic E-state index is 11.8. The molecule has 1 aliphatic heterocycles. The Kier molecular flexibility index (Phi) is 11.8. The first-order valence-electron chi connectivity index (χ1n) is 15.4. The van der Waals surface area contributed by atoms with E-state index >= 15 is 0 Å². The Morgan fingerprint density at radius 1 is 0.837 bits per heavy atom. The molecular formula is C34H42N10O5. The molecule has 15 nitrogen and oxygen atoms in total. The molecule has 0 aliphatic carbocycles. The Hall–Kier alpha value is -6.09. The molecule has 1 aliphatic rings. The van der Waals surface area contributed by atoms with Gasteiger partial charge in [-0.25, -0.2) is 0 Å². The van der Waals surface area contributed by atoms with Gasteiger partial charge in [-0.2, -0.15) is 5.10 Å². The van der Waals surface area contributed by atoms with Crippen molar-refractivity contribution in [2.24, 2.45) is 32.7 Å². The molecule has 15 heteroatoms. The lowest BCUT2D eigenvalue weighted by molar-refractivity contribution is -0.155. The number of fused-ring (bicyclic) bond motifs is 3. The molecule has 2 aromatic heterocycles. The number of aromatic nitrogens is 3. The molecule has 0 radical (unpaired) electrons. The largest absolute Gasteiger partial charge is 0.460 e. The van der Waals surface area contributed by atoms with Crippen LogP contribution in [0.5, 0.6) is 0 Å². The maximum Gasteiger partial charge on any atom is 0.307 e. The van der Waals surface area contributed by atoms with Gasteiger partial charge in [0.15, 0.2) is 17.5 Å². The van der Waals surface area contributed by atoms with Crippen LogP contribution in [0, 0.1) is 0 Å². The number of benzene rings is 3. The Bertz CT molecular complexity index is 1880. The van der Waals surface area contributed by atoms with E-state index in [0.29, 0.717) is 24.1 Å². The van der Waals surface area contributed by atoms with Crippen molar-refractivity contribution in [2.75, 3.05) is 13.1 Å². The molecule has 11 N–H and O–H groups in total. The Morgan fingerprint density at radius 2 is 1.43 bits per heavy atom. The van der Waals surface area contributed by atoms with Gasteiger partial charge >= 0.3 is 5.97 Å². The van der Waals surface area contributed by atoms with Crippen molar-refractivity contribution >= 4 is 45.3 Å². The number of nitrogens with one attached hydrogen (secondary N) is 2. The van der Waals surface area contributed by atoms with E-state index < -0.39 is 5.60 Å². The van der Waals surface area contributed by atoms with Crippen molar-refractivity contribution in [1.82, 2.24) is 20.1 Å². The second kappa shape index (κ2) is 16.1. The first kappa shape index (κ1) is 35.8. The number of esters is 1. The van der Waals surface area contributed by atoms with Crippen molar-refractivity contribution < 1.29 is 25.2 Å². The molecule has 3 aromatic carbocycles. The first-order valence-corrected chi connectivity index (χ1v) is 15.4. The summed E-state index contributed by atoms with van der Waals surface area (Å²) in [5.74, 6) is 0.165. The fourth-order valence-electron chi connectivity index (χ4n) is 5.10. The third-order valence-electron chi connectivity index (χ3n) is 7.55. The van der Waals surface area contributed by atoms with Gasteiger partial charge in [-0.05, 0) is 86.8 Å². The molecule has 0 atom stereocenters. The van der Waals surface area contributed by atoms with Crippen LogP contribution in [0.2, 0.25) is 0 Å². The lowest BCUT2D eigenvalue weighted by Crippen LogP contribution is -2.34. The number of ether oxygens (including phenoxy) is 1. The van der Waals surface area contributed by atoms with Gasteiger partial charge in [0.05, 0.1) is 18.1 Å². The third-order valence-corrected chi connectivity index (χ3v) is 7.55. The van der Waals surface area contributed by atoms with Crippen LogP contribution in [0.3, 0.4) is 0 Å². The first-order chi connectivity index (χ1) is 23.4. The fraction of sp³-hybridized carbons (Fsp3) is 0.265. The van der Waals surface area contributed by atoms with Crippen molar-refractivity contribution in [3.8, 4) is 0 Å². The van der Waals surface area contributed by atoms with Crippen molar-refractivity contribution in [3.05, 3.63) is 101 Å². The lowest BCUT2D eigenvalue weighted by atomic mass is 9.97. The molecular weight excluding hydrogens is 628 g/mol. The fourth-order valence-corrected chi connectivity index (χ4v) is 5.10. The van der Waals surface area contributed by atoms with Gasteiger partial charge in [0, 0.05) is 58.8 Å². The summed E-state index contributed by atoms with van der Waals surface area (Å²) < 4.78 is 5.34. The molecule has 0 saturated heterocycles. The Morgan fingerprint density at radius 3 is 2.06 bits per heavy atom. The highest BCUT2D eigenvalue weighted by Gasteiger charge is 2.20. The normalized spacial score (nSPS) is 14.0. The van der Waals surface area contributed by atoms with E-state index in [9.17, 15) is 4.79 Å². The number of aromatic amines is 2. The number of hydrogen-bond donors (Lipinski definition) is 8. The molecule has 0 fully saturated rings. The Labute approximate surface area is 282 Å². The topological polar surface area (TPSA) is 250 Å². The van der Waals surface area contributed by atoms with E-state index in [4.69, 9.17) is 37.6 Å². The Balaban J connectivity index is 0.000000177. The van der Waals surface area contributed by atoms with Gasteiger partial charge < -0.3 is 42.5 Å². The van der Waals surface area contributed by atoms with E-state index in [-0.39, 0.29) is 23.5 Å². The quantitative estimate of drug-likeness (QED) is 0.0427. The van der Waals surface area contributed by atoms with Crippen LogP contribution in [-0.2, 0) is 22.5 Å². The molecule has 49 heavy (non-hydrogen) atoms. The van der Waals surface area contributed by atoms with E-state index in [0.717, 1.165) is 52.4 Å². The predicted molar refractivity (Wildman–Crippen MR) is 188 cm³/mol. The summed E-state index contributed by atoms with van der Waals surface area (Å²) in [4.78, 5) is 17.1. The minimum Gasteiger partial charge on any atom is -0.460 e. The van der Waals surface area contributed by atoms with Gasteiger partial charge in [-0.15, -0.1) is 0 Å². The number of rotatable bonds is 6. The zero-order valence-electron chi connectivity index (χ0n) is 27.6. The molecule has 0 spiro atoms. The summed E-state index contributed by atoms with van der Waals surface area (Å²) in [6.07, 6.45) is 4.84. The second-order valence-corrected chi connectivity index (χ2v) is 12.3. The molecule has 6 rings (SSSR count). The minimum absolute atomic E-state index is 0.100. The van der Waals surface area contributed by atoms with Gasteiger partial charge in [-0.1, -0.05) is 27.6 Å². The number of amidine groups is 3. The highest BCUT2D eigenvalue weighted by molar-refractivity contribution is 6.01. The highest BCUT2D eigenvalue weighted by Crippen LogP contribution is 2.21.